The number of aliphatic hydroxyl groups is 1. The van der Waals surface area contributed by atoms with Gasteiger partial charge in [-0.1, -0.05) is 30.3 Å². The second kappa shape index (κ2) is 6.65. The molecule has 2 rings (SSSR count). The fraction of sp³-hybridized carbons (Fsp3) is 0.308. The predicted octanol–water partition coefficient (Wildman–Crippen LogP) is 0.396. The normalized spacial score (nSPS) is 11.7. The summed E-state index contributed by atoms with van der Waals surface area (Å²) in [5, 5.41) is 12.6. The summed E-state index contributed by atoms with van der Waals surface area (Å²) in [5.74, 6) is 0. The Labute approximate surface area is 118 Å². The van der Waals surface area contributed by atoms with Crippen molar-refractivity contribution >= 4 is 10.0 Å². The maximum atomic E-state index is 12.0. The highest BCUT2D eigenvalue weighted by atomic mass is 32.2. The number of hydrogen-bond acceptors (Lipinski definition) is 4. The summed E-state index contributed by atoms with van der Waals surface area (Å²) >= 11 is 0. The van der Waals surface area contributed by atoms with Crippen molar-refractivity contribution in [2.45, 2.75) is 17.9 Å². The van der Waals surface area contributed by atoms with Crippen molar-refractivity contribution in [1.82, 2.24) is 14.5 Å². The summed E-state index contributed by atoms with van der Waals surface area (Å²) in [6.07, 6.45) is 3.31. The van der Waals surface area contributed by atoms with E-state index >= 15 is 0 Å². The lowest BCUT2D eigenvalue weighted by atomic mass is 10.2. The molecule has 0 aliphatic heterocycles. The standard InChI is InChI=1S/C13H17N3O3S/c17-9-8-16-11-13(10-14-16)20(18,19)15-7-6-12-4-2-1-3-5-12/h1-5,10-11,15,17H,6-9H2. The summed E-state index contributed by atoms with van der Waals surface area (Å²) in [6.45, 7) is 0.527. The maximum absolute atomic E-state index is 12.0. The Hall–Kier alpha value is -1.70. The quantitative estimate of drug-likeness (QED) is 0.774. The highest BCUT2D eigenvalue weighted by molar-refractivity contribution is 7.89. The first-order chi connectivity index (χ1) is 9.62. The lowest BCUT2D eigenvalue weighted by molar-refractivity contribution is 0.269. The zero-order valence-electron chi connectivity index (χ0n) is 10.9. The molecule has 6 nitrogen and oxygen atoms in total. The van der Waals surface area contributed by atoms with Crippen LogP contribution in [0.1, 0.15) is 5.56 Å². The van der Waals surface area contributed by atoms with Crippen molar-refractivity contribution in [3.63, 3.8) is 0 Å². The van der Waals surface area contributed by atoms with E-state index in [0.29, 0.717) is 13.0 Å². The monoisotopic (exact) mass is 295 g/mol. The number of nitrogens with zero attached hydrogens (tertiary/aromatic N) is 2. The van der Waals surface area contributed by atoms with Crippen LogP contribution in [-0.4, -0.2) is 36.5 Å². The Morgan fingerprint density at radius 1 is 1.25 bits per heavy atom. The van der Waals surface area contributed by atoms with Crippen LogP contribution >= 0.6 is 0 Å². The minimum atomic E-state index is -3.54. The zero-order chi connectivity index (χ0) is 14.4. The molecule has 0 spiro atoms. The number of aromatic nitrogens is 2. The second-order valence-corrected chi connectivity index (χ2v) is 6.06. The Morgan fingerprint density at radius 3 is 2.70 bits per heavy atom. The predicted molar refractivity (Wildman–Crippen MR) is 74.6 cm³/mol. The van der Waals surface area contributed by atoms with Crippen molar-refractivity contribution < 1.29 is 13.5 Å². The number of benzene rings is 1. The minimum absolute atomic E-state index is 0.0808. The molecule has 0 bridgehead atoms. The van der Waals surface area contributed by atoms with Gasteiger partial charge in [-0.3, -0.25) is 4.68 Å². The molecule has 0 unspecified atom stereocenters. The minimum Gasteiger partial charge on any atom is -0.394 e. The molecule has 7 heteroatoms. The van der Waals surface area contributed by atoms with Crippen LogP contribution in [0.5, 0.6) is 0 Å². The van der Waals surface area contributed by atoms with E-state index in [2.05, 4.69) is 9.82 Å². The van der Waals surface area contributed by atoms with Gasteiger partial charge < -0.3 is 5.11 Å². The van der Waals surface area contributed by atoms with Crippen molar-refractivity contribution in [2.24, 2.45) is 0 Å². The van der Waals surface area contributed by atoms with Crippen molar-refractivity contribution in [1.29, 1.82) is 0 Å². The average Bonchev–Trinajstić information content (AvgIpc) is 2.90. The van der Waals surface area contributed by atoms with E-state index in [9.17, 15) is 8.42 Å². The molecule has 0 radical (unpaired) electrons. The maximum Gasteiger partial charge on any atom is 0.243 e. The van der Waals surface area contributed by atoms with Gasteiger partial charge in [0.25, 0.3) is 0 Å². The third-order valence-corrected chi connectivity index (χ3v) is 4.21. The van der Waals surface area contributed by atoms with Crippen molar-refractivity contribution in [2.75, 3.05) is 13.2 Å². The van der Waals surface area contributed by atoms with Crippen LogP contribution in [0.3, 0.4) is 0 Å². The second-order valence-electron chi connectivity index (χ2n) is 4.30. The lowest BCUT2D eigenvalue weighted by Gasteiger charge is -2.04. The summed E-state index contributed by atoms with van der Waals surface area (Å²) in [4.78, 5) is 0.110. The van der Waals surface area contributed by atoms with Gasteiger partial charge in [0.2, 0.25) is 10.0 Å². The molecule has 108 valence electrons. The first-order valence-electron chi connectivity index (χ1n) is 6.29. The van der Waals surface area contributed by atoms with Crippen molar-refractivity contribution in [3.05, 3.63) is 48.3 Å². The van der Waals surface area contributed by atoms with Crippen LogP contribution < -0.4 is 4.72 Å². The molecule has 0 amide bonds. The van der Waals surface area contributed by atoms with E-state index in [-0.39, 0.29) is 18.0 Å². The topological polar surface area (TPSA) is 84.2 Å². The SMILES string of the molecule is O=S(=O)(NCCc1ccccc1)c1cnn(CCO)c1. The Bertz CT molecular complexity index is 638. The van der Waals surface area contributed by atoms with Gasteiger partial charge >= 0.3 is 0 Å². The molecule has 0 atom stereocenters. The van der Waals surface area contributed by atoms with Crippen LogP contribution in [0.2, 0.25) is 0 Å². The molecule has 0 saturated carbocycles. The average molecular weight is 295 g/mol. The number of rotatable bonds is 7. The number of nitrogens with one attached hydrogen (secondary N) is 1. The van der Waals surface area contributed by atoms with Gasteiger partial charge in [0.1, 0.15) is 4.90 Å². The van der Waals surface area contributed by atoms with Gasteiger partial charge in [-0.2, -0.15) is 5.10 Å². The van der Waals surface area contributed by atoms with E-state index < -0.39 is 10.0 Å². The number of hydrogen-bond donors (Lipinski definition) is 2. The highest BCUT2D eigenvalue weighted by Crippen LogP contribution is 2.07. The first-order valence-corrected chi connectivity index (χ1v) is 7.77. The van der Waals surface area contributed by atoms with Crippen molar-refractivity contribution in [3.8, 4) is 0 Å². The summed E-state index contributed by atoms with van der Waals surface area (Å²) in [5.41, 5.74) is 1.08. The van der Waals surface area contributed by atoms with Gasteiger partial charge in [-0.25, -0.2) is 13.1 Å². The summed E-state index contributed by atoms with van der Waals surface area (Å²) in [7, 11) is -3.54. The molecular weight excluding hydrogens is 278 g/mol. The fourth-order valence-corrected chi connectivity index (χ4v) is 2.75. The third-order valence-electron chi connectivity index (χ3n) is 2.80. The molecule has 1 aromatic carbocycles. The summed E-state index contributed by atoms with van der Waals surface area (Å²) < 4.78 is 28.0. The molecule has 2 aromatic rings. The Balaban J connectivity index is 1.93. The van der Waals surface area contributed by atoms with Crippen LogP contribution in [-0.2, 0) is 23.0 Å². The van der Waals surface area contributed by atoms with E-state index in [1.807, 2.05) is 30.3 Å². The van der Waals surface area contributed by atoms with E-state index in [1.165, 1.54) is 17.1 Å². The van der Waals surface area contributed by atoms with Crippen LogP contribution in [0.25, 0.3) is 0 Å². The molecule has 0 aliphatic rings. The van der Waals surface area contributed by atoms with Gasteiger partial charge in [0.05, 0.1) is 19.3 Å². The lowest BCUT2D eigenvalue weighted by Crippen LogP contribution is -2.25. The van der Waals surface area contributed by atoms with Gasteiger partial charge in [-0.15, -0.1) is 0 Å². The van der Waals surface area contributed by atoms with E-state index in [0.717, 1.165) is 5.56 Å². The molecular formula is C13H17N3O3S. The number of sulfonamides is 1. The molecule has 2 N–H and O–H groups in total. The largest absolute Gasteiger partial charge is 0.394 e. The fourth-order valence-electron chi connectivity index (χ4n) is 1.77. The Kier molecular flexibility index (Phi) is 4.89. The molecule has 20 heavy (non-hydrogen) atoms. The van der Waals surface area contributed by atoms with Gasteiger partial charge in [-0.05, 0) is 12.0 Å². The highest BCUT2D eigenvalue weighted by Gasteiger charge is 2.15. The van der Waals surface area contributed by atoms with Crippen LogP contribution in [0, 0.1) is 0 Å². The Morgan fingerprint density at radius 2 is 2.00 bits per heavy atom. The zero-order valence-corrected chi connectivity index (χ0v) is 11.8. The molecule has 1 aromatic heterocycles. The van der Waals surface area contributed by atoms with Crippen LogP contribution in [0.15, 0.2) is 47.6 Å². The molecule has 1 heterocycles. The first kappa shape index (κ1) is 14.7. The molecule has 0 aliphatic carbocycles. The third kappa shape index (κ3) is 3.89. The van der Waals surface area contributed by atoms with E-state index in [4.69, 9.17) is 5.11 Å². The van der Waals surface area contributed by atoms with Crippen LogP contribution in [0.4, 0.5) is 0 Å². The smallest absolute Gasteiger partial charge is 0.243 e. The molecule has 0 fully saturated rings. The number of aliphatic hydroxyl groups excluding tert-OH is 1. The van der Waals surface area contributed by atoms with Gasteiger partial charge in [0.15, 0.2) is 0 Å². The van der Waals surface area contributed by atoms with E-state index in [1.54, 1.807) is 0 Å². The summed E-state index contributed by atoms with van der Waals surface area (Å²) in [6, 6.07) is 9.66. The van der Waals surface area contributed by atoms with Gasteiger partial charge in [0, 0.05) is 12.7 Å². The molecule has 0 saturated heterocycles.